The molecular weight excluding hydrogens is 258 g/mol. The molecule has 1 aliphatic carbocycles. The zero-order valence-electron chi connectivity index (χ0n) is 12.8. The van der Waals surface area contributed by atoms with Crippen molar-refractivity contribution < 1.29 is 0 Å². The second-order valence-corrected chi connectivity index (χ2v) is 6.34. The first kappa shape index (κ1) is 14.5. The van der Waals surface area contributed by atoms with Crippen molar-refractivity contribution in [1.82, 2.24) is 10.4 Å². The number of pyridine rings is 1. The summed E-state index contributed by atoms with van der Waals surface area (Å²) in [5.74, 6) is 6.61. The van der Waals surface area contributed by atoms with Gasteiger partial charge in [0.25, 0.3) is 0 Å². The molecule has 1 fully saturated rings. The highest BCUT2D eigenvalue weighted by molar-refractivity contribution is 5.82. The van der Waals surface area contributed by atoms with Crippen LogP contribution in [0.1, 0.15) is 55.8 Å². The highest BCUT2D eigenvalue weighted by atomic mass is 15.2. The fourth-order valence-electron chi connectivity index (χ4n) is 3.58. The van der Waals surface area contributed by atoms with Crippen LogP contribution in [0.4, 0.5) is 0 Å². The molecule has 1 aliphatic rings. The summed E-state index contributed by atoms with van der Waals surface area (Å²) < 4.78 is 0. The van der Waals surface area contributed by atoms with Crippen LogP contribution >= 0.6 is 0 Å². The topological polar surface area (TPSA) is 50.9 Å². The van der Waals surface area contributed by atoms with Crippen LogP contribution in [0.15, 0.2) is 30.3 Å². The van der Waals surface area contributed by atoms with Crippen LogP contribution in [-0.2, 0) is 0 Å². The molecule has 0 bridgehead atoms. The van der Waals surface area contributed by atoms with Gasteiger partial charge in [-0.15, -0.1) is 0 Å². The number of fused-ring (bicyclic) bond motifs is 1. The van der Waals surface area contributed by atoms with Crippen molar-refractivity contribution in [1.29, 1.82) is 0 Å². The van der Waals surface area contributed by atoms with E-state index < -0.39 is 0 Å². The third kappa shape index (κ3) is 3.25. The molecule has 2 aromatic rings. The third-order valence-corrected chi connectivity index (χ3v) is 4.79. The molecule has 0 radical (unpaired) electrons. The van der Waals surface area contributed by atoms with Crippen LogP contribution in [-0.4, -0.2) is 4.98 Å². The van der Waals surface area contributed by atoms with Gasteiger partial charge in [-0.25, -0.2) is 0 Å². The first-order chi connectivity index (χ1) is 10.3. The van der Waals surface area contributed by atoms with E-state index in [0.717, 1.165) is 23.5 Å². The number of nitrogens with one attached hydrogen (secondary N) is 1. The molecule has 1 unspecified atom stereocenters. The smallest absolute Gasteiger partial charge is 0.0708 e. The number of nitrogens with two attached hydrogens (primary N) is 1. The maximum absolute atomic E-state index is 5.83. The van der Waals surface area contributed by atoms with Gasteiger partial charge in [-0.05, 0) is 37.0 Å². The maximum Gasteiger partial charge on any atom is 0.0708 e. The number of nitrogens with zero attached hydrogens (tertiary/aromatic N) is 1. The van der Waals surface area contributed by atoms with E-state index in [1.165, 1.54) is 43.1 Å². The van der Waals surface area contributed by atoms with Gasteiger partial charge < -0.3 is 0 Å². The molecule has 3 N–H and O–H groups in total. The minimum atomic E-state index is 0.163. The number of hydrogen-bond acceptors (Lipinski definition) is 3. The molecule has 1 aromatic carbocycles. The van der Waals surface area contributed by atoms with Crippen molar-refractivity contribution in [3.8, 4) is 0 Å². The Morgan fingerprint density at radius 2 is 2.00 bits per heavy atom. The van der Waals surface area contributed by atoms with Gasteiger partial charge in [0, 0.05) is 5.39 Å². The number of para-hydroxylation sites is 1. The number of hydrazine groups is 1. The largest absolute Gasteiger partial charge is 0.271 e. The molecule has 0 spiro atoms. The monoisotopic (exact) mass is 283 g/mol. The Bertz CT molecular complexity index is 602. The lowest BCUT2D eigenvalue weighted by molar-refractivity contribution is 0.299. The second-order valence-electron chi connectivity index (χ2n) is 6.34. The summed E-state index contributed by atoms with van der Waals surface area (Å²) in [6.07, 6.45) is 7.90. The molecule has 1 atom stereocenters. The number of aromatic nitrogens is 1. The van der Waals surface area contributed by atoms with Gasteiger partial charge in [-0.1, -0.05) is 50.3 Å². The SMILES string of the molecule is Cc1cc(C(CC2CCCCC2)NN)nc2ccccc12. The molecular formula is C18H25N3. The first-order valence-electron chi connectivity index (χ1n) is 8.10. The van der Waals surface area contributed by atoms with Crippen LogP contribution in [0.3, 0.4) is 0 Å². The van der Waals surface area contributed by atoms with Crippen LogP contribution < -0.4 is 11.3 Å². The summed E-state index contributed by atoms with van der Waals surface area (Å²) in [5, 5.41) is 1.23. The van der Waals surface area contributed by atoms with Crippen LogP contribution in [0, 0.1) is 12.8 Å². The van der Waals surface area contributed by atoms with Gasteiger partial charge in [-0.2, -0.15) is 0 Å². The van der Waals surface area contributed by atoms with E-state index in [2.05, 4.69) is 36.6 Å². The number of aryl methyl sites for hydroxylation is 1. The standard InChI is InChI=1S/C18H25N3/c1-13-11-17(20-16-10-6-5-9-15(13)16)18(21-19)12-14-7-3-2-4-8-14/h5-6,9-11,14,18,21H,2-4,7-8,12,19H2,1H3. The predicted molar refractivity (Wildman–Crippen MR) is 87.7 cm³/mol. The van der Waals surface area contributed by atoms with Crippen molar-refractivity contribution >= 4 is 10.9 Å². The summed E-state index contributed by atoms with van der Waals surface area (Å²) in [4.78, 5) is 4.83. The van der Waals surface area contributed by atoms with Crippen molar-refractivity contribution in [2.75, 3.05) is 0 Å². The second kappa shape index (κ2) is 6.54. The van der Waals surface area contributed by atoms with Crippen LogP contribution in [0.25, 0.3) is 10.9 Å². The number of benzene rings is 1. The van der Waals surface area contributed by atoms with Gasteiger partial charge in [0.15, 0.2) is 0 Å². The average Bonchev–Trinajstić information content (AvgIpc) is 2.53. The van der Waals surface area contributed by atoms with Gasteiger partial charge in [0.1, 0.15) is 0 Å². The van der Waals surface area contributed by atoms with Gasteiger partial charge in [0.2, 0.25) is 0 Å². The van der Waals surface area contributed by atoms with E-state index >= 15 is 0 Å². The molecule has 1 aromatic heterocycles. The van der Waals surface area contributed by atoms with Crippen LogP contribution in [0.5, 0.6) is 0 Å². The van der Waals surface area contributed by atoms with E-state index in [1.807, 2.05) is 6.07 Å². The minimum absolute atomic E-state index is 0.163. The first-order valence-corrected chi connectivity index (χ1v) is 8.10. The van der Waals surface area contributed by atoms with Crippen molar-refractivity contribution in [2.24, 2.45) is 11.8 Å². The summed E-state index contributed by atoms with van der Waals surface area (Å²) in [5.41, 5.74) is 6.42. The Morgan fingerprint density at radius 1 is 1.24 bits per heavy atom. The highest BCUT2D eigenvalue weighted by Crippen LogP contribution is 2.32. The fraction of sp³-hybridized carbons (Fsp3) is 0.500. The van der Waals surface area contributed by atoms with Gasteiger partial charge in [0.05, 0.1) is 17.3 Å². The molecule has 1 heterocycles. The molecule has 3 rings (SSSR count). The van der Waals surface area contributed by atoms with Crippen LogP contribution in [0.2, 0.25) is 0 Å². The van der Waals surface area contributed by atoms with E-state index in [1.54, 1.807) is 0 Å². The lowest BCUT2D eigenvalue weighted by Crippen LogP contribution is -2.31. The Morgan fingerprint density at radius 3 is 2.76 bits per heavy atom. The Hall–Kier alpha value is -1.45. The lowest BCUT2D eigenvalue weighted by Gasteiger charge is -2.26. The maximum atomic E-state index is 5.83. The van der Waals surface area contributed by atoms with Crippen molar-refractivity contribution in [3.63, 3.8) is 0 Å². The highest BCUT2D eigenvalue weighted by Gasteiger charge is 2.21. The van der Waals surface area contributed by atoms with Gasteiger partial charge in [-0.3, -0.25) is 16.3 Å². The normalized spacial score (nSPS) is 18.0. The quantitative estimate of drug-likeness (QED) is 0.658. The molecule has 3 nitrogen and oxygen atoms in total. The Kier molecular flexibility index (Phi) is 4.51. The Balaban J connectivity index is 1.85. The zero-order valence-corrected chi connectivity index (χ0v) is 12.8. The molecule has 0 aliphatic heterocycles. The molecule has 0 saturated heterocycles. The van der Waals surface area contributed by atoms with E-state index in [4.69, 9.17) is 10.8 Å². The summed E-state index contributed by atoms with van der Waals surface area (Å²) in [7, 11) is 0. The number of hydrogen-bond donors (Lipinski definition) is 2. The van der Waals surface area contributed by atoms with Crippen molar-refractivity contribution in [2.45, 2.75) is 51.5 Å². The average molecular weight is 283 g/mol. The molecule has 0 amide bonds. The molecule has 112 valence electrons. The van der Waals surface area contributed by atoms with Gasteiger partial charge >= 0.3 is 0 Å². The molecule has 1 saturated carbocycles. The zero-order chi connectivity index (χ0) is 14.7. The van der Waals surface area contributed by atoms with E-state index in [-0.39, 0.29) is 6.04 Å². The lowest BCUT2D eigenvalue weighted by atomic mass is 9.84. The van der Waals surface area contributed by atoms with E-state index in [0.29, 0.717) is 0 Å². The summed E-state index contributed by atoms with van der Waals surface area (Å²) in [6.45, 7) is 2.15. The number of rotatable bonds is 4. The Labute approximate surface area is 126 Å². The predicted octanol–water partition coefficient (Wildman–Crippen LogP) is 4.02. The van der Waals surface area contributed by atoms with Crippen molar-refractivity contribution in [3.05, 3.63) is 41.6 Å². The van der Waals surface area contributed by atoms with E-state index in [9.17, 15) is 0 Å². The molecule has 3 heteroatoms. The summed E-state index contributed by atoms with van der Waals surface area (Å²) >= 11 is 0. The minimum Gasteiger partial charge on any atom is -0.271 e. The summed E-state index contributed by atoms with van der Waals surface area (Å²) in [6, 6.07) is 10.7. The third-order valence-electron chi connectivity index (χ3n) is 4.79. The fourth-order valence-corrected chi connectivity index (χ4v) is 3.58. The molecule has 21 heavy (non-hydrogen) atoms.